The molecule has 2 unspecified atom stereocenters. The fourth-order valence-electron chi connectivity index (χ4n) is 3.48. The van der Waals surface area contributed by atoms with Gasteiger partial charge in [-0.05, 0) is 24.8 Å². The van der Waals surface area contributed by atoms with Crippen LogP contribution in [0.2, 0.25) is 0 Å². The van der Waals surface area contributed by atoms with Crippen LogP contribution in [-0.4, -0.2) is 51.5 Å². The maximum atomic E-state index is 12.3. The Morgan fingerprint density at radius 1 is 1.07 bits per heavy atom. The van der Waals surface area contributed by atoms with Gasteiger partial charge in [-0.25, -0.2) is 14.8 Å². The van der Waals surface area contributed by atoms with Gasteiger partial charge in [-0.15, -0.1) is 0 Å². The molecule has 2 atom stereocenters. The number of carbonyl (C=O) groups is 2. The Kier molecular flexibility index (Phi) is 7.26. The standard InChI is InChI=1S/C21H27N5O3/c1-26(20(27)18-13-23-19(14-22-18)21(28)29)11-7-3-6-10-16-12-17(25-24-16)15-8-4-2-5-9-15/h2,4-5,8-9,13-14,16-17,24-25H,3,6-7,10-12H2,1H3,(H,28,29). The molecule has 3 N–H and O–H groups in total. The number of amides is 1. The smallest absolute Gasteiger partial charge is 0.356 e. The third-order valence-corrected chi connectivity index (χ3v) is 5.17. The van der Waals surface area contributed by atoms with Gasteiger partial charge in [0.25, 0.3) is 5.91 Å². The fraction of sp³-hybridized carbons (Fsp3) is 0.429. The molecule has 0 bridgehead atoms. The van der Waals surface area contributed by atoms with Crippen LogP contribution >= 0.6 is 0 Å². The van der Waals surface area contributed by atoms with Crippen molar-refractivity contribution in [1.29, 1.82) is 0 Å². The number of aromatic nitrogens is 2. The zero-order valence-electron chi connectivity index (χ0n) is 16.5. The maximum Gasteiger partial charge on any atom is 0.356 e. The second-order valence-electron chi connectivity index (χ2n) is 7.35. The molecule has 1 saturated heterocycles. The zero-order valence-corrected chi connectivity index (χ0v) is 16.5. The molecule has 0 saturated carbocycles. The number of hydrazine groups is 1. The summed E-state index contributed by atoms with van der Waals surface area (Å²) in [6.07, 6.45) is 7.53. The Morgan fingerprint density at radius 3 is 2.48 bits per heavy atom. The van der Waals surface area contributed by atoms with Gasteiger partial charge in [-0.1, -0.05) is 43.2 Å². The molecule has 2 heterocycles. The fourth-order valence-corrected chi connectivity index (χ4v) is 3.48. The average Bonchev–Trinajstić information content (AvgIpc) is 3.22. The van der Waals surface area contributed by atoms with Crippen LogP contribution in [0.3, 0.4) is 0 Å². The van der Waals surface area contributed by atoms with Gasteiger partial charge in [0.05, 0.1) is 12.4 Å². The zero-order chi connectivity index (χ0) is 20.6. The lowest BCUT2D eigenvalue weighted by molar-refractivity contribution is 0.0687. The summed E-state index contributed by atoms with van der Waals surface area (Å²) in [5, 5.41) is 8.84. The lowest BCUT2D eigenvalue weighted by Crippen LogP contribution is -2.31. The third-order valence-electron chi connectivity index (χ3n) is 5.17. The van der Waals surface area contributed by atoms with E-state index in [4.69, 9.17) is 5.11 Å². The van der Waals surface area contributed by atoms with Crippen molar-refractivity contribution in [3.05, 3.63) is 59.7 Å². The number of carboxylic acid groups (broad SMARTS) is 1. The first-order valence-corrected chi connectivity index (χ1v) is 9.91. The van der Waals surface area contributed by atoms with Crippen molar-refractivity contribution in [3.63, 3.8) is 0 Å². The molecular weight excluding hydrogens is 370 g/mol. The molecule has 29 heavy (non-hydrogen) atoms. The Bertz CT molecular complexity index is 813. The van der Waals surface area contributed by atoms with E-state index in [1.54, 1.807) is 11.9 Å². The number of hydrogen-bond donors (Lipinski definition) is 3. The Hall–Kier alpha value is -2.84. The molecule has 154 valence electrons. The molecule has 8 heteroatoms. The number of carboxylic acids is 1. The number of nitrogens with zero attached hydrogens (tertiary/aromatic N) is 3. The van der Waals surface area contributed by atoms with Gasteiger partial charge in [0.15, 0.2) is 5.69 Å². The normalized spacial score (nSPS) is 18.5. The molecule has 1 amide bonds. The van der Waals surface area contributed by atoms with E-state index in [1.165, 1.54) is 11.8 Å². The van der Waals surface area contributed by atoms with Crippen LogP contribution in [0.5, 0.6) is 0 Å². The van der Waals surface area contributed by atoms with Gasteiger partial charge in [0.1, 0.15) is 5.69 Å². The lowest BCUT2D eigenvalue weighted by atomic mass is 9.99. The van der Waals surface area contributed by atoms with Crippen molar-refractivity contribution in [3.8, 4) is 0 Å². The topological polar surface area (TPSA) is 107 Å². The minimum Gasteiger partial charge on any atom is -0.476 e. The summed E-state index contributed by atoms with van der Waals surface area (Å²) in [7, 11) is 1.72. The molecule has 1 aliphatic rings. The van der Waals surface area contributed by atoms with Gasteiger partial charge in [0, 0.05) is 25.7 Å². The first-order chi connectivity index (χ1) is 14.0. The molecule has 0 aliphatic carbocycles. The summed E-state index contributed by atoms with van der Waals surface area (Å²) < 4.78 is 0. The highest BCUT2D eigenvalue weighted by molar-refractivity contribution is 5.92. The highest BCUT2D eigenvalue weighted by Crippen LogP contribution is 2.24. The molecule has 3 rings (SSSR count). The molecule has 0 spiro atoms. The molecule has 1 aromatic heterocycles. The minimum atomic E-state index is -1.16. The van der Waals surface area contributed by atoms with E-state index in [2.05, 4.69) is 45.1 Å². The van der Waals surface area contributed by atoms with Crippen molar-refractivity contribution in [1.82, 2.24) is 25.7 Å². The van der Waals surface area contributed by atoms with Crippen molar-refractivity contribution in [2.75, 3.05) is 13.6 Å². The van der Waals surface area contributed by atoms with Crippen LogP contribution in [-0.2, 0) is 0 Å². The predicted octanol–water partition coefficient (Wildman–Crippen LogP) is 2.42. The van der Waals surface area contributed by atoms with E-state index in [-0.39, 0.29) is 17.3 Å². The number of hydrogen-bond acceptors (Lipinski definition) is 6. The summed E-state index contributed by atoms with van der Waals surface area (Å²) in [6.45, 7) is 0.629. The van der Waals surface area contributed by atoms with Gasteiger partial charge >= 0.3 is 5.97 Å². The van der Waals surface area contributed by atoms with Gasteiger partial charge < -0.3 is 10.0 Å². The number of nitrogens with one attached hydrogen (secondary N) is 2. The van der Waals surface area contributed by atoms with Crippen LogP contribution in [0, 0.1) is 0 Å². The molecule has 1 aliphatic heterocycles. The summed E-state index contributed by atoms with van der Waals surface area (Å²) in [6, 6.07) is 11.3. The Balaban J connectivity index is 1.33. The second kappa shape index (κ2) is 10.1. The number of carbonyl (C=O) groups excluding carboxylic acids is 1. The van der Waals surface area contributed by atoms with Gasteiger partial charge in [-0.3, -0.25) is 15.6 Å². The third kappa shape index (κ3) is 5.82. The highest BCUT2D eigenvalue weighted by atomic mass is 16.4. The lowest BCUT2D eigenvalue weighted by Gasteiger charge is -2.16. The monoisotopic (exact) mass is 397 g/mol. The van der Waals surface area contributed by atoms with E-state index in [9.17, 15) is 9.59 Å². The first-order valence-electron chi connectivity index (χ1n) is 9.91. The van der Waals surface area contributed by atoms with E-state index >= 15 is 0 Å². The predicted molar refractivity (Wildman–Crippen MR) is 108 cm³/mol. The van der Waals surface area contributed by atoms with Crippen molar-refractivity contribution in [2.45, 2.75) is 44.2 Å². The van der Waals surface area contributed by atoms with Crippen LogP contribution in [0.1, 0.15) is 64.7 Å². The minimum absolute atomic E-state index is 0.158. The molecule has 1 fully saturated rings. The highest BCUT2D eigenvalue weighted by Gasteiger charge is 2.24. The summed E-state index contributed by atoms with van der Waals surface area (Å²) in [5.41, 5.74) is 8.05. The van der Waals surface area contributed by atoms with E-state index in [0.29, 0.717) is 18.6 Å². The molecule has 0 radical (unpaired) electrons. The number of unbranched alkanes of at least 4 members (excludes halogenated alkanes) is 2. The van der Waals surface area contributed by atoms with Gasteiger partial charge in [-0.2, -0.15) is 0 Å². The number of rotatable bonds is 9. The SMILES string of the molecule is CN(CCCCCC1CC(c2ccccc2)NN1)C(=O)c1cnc(C(=O)O)cn1. The summed E-state index contributed by atoms with van der Waals surface area (Å²) >= 11 is 0. The summed E-state index contributed by atoms with van der Waals surface area (Å²) in [4.78, 5) is 32.4. The van der Waals surface area contributed by atoms with Gasteiger partial charge in [0.2, 0.25) is 0 Å². The molecular formula is C21H27N5O3. The quantitative estimate of drug-likeness (QED) is 0.558. The van der Waals surface area contributed by atoms with Crippen LogP contribution in [0.25, 0.3) is 0 Å². The second-order valence-corrected chi connectivity index (χ2v) is 7.35. The summed E-state index contributed by atoms with van der Waals surface area (Å²) in [5.74, 6) is -1.41. The molecule has 2 aromatic rings. The molecule has 1 aromatic carbocycles. The number of aromatic carboxylic acids is 1. The largest absolute Gasteiger partial charge is 0.476 e. The number of benzene rings is 1. The molecule has 8 nitrogen and oxygen atoms in total. The van der Waals surface area contributed by atoms with Crippen molar-refractivity contribution >= 4 is 11.9 Å². The van der Waals surface area contributed by atoms with Crippen molar-refractivity contribution < 1.29 is 14.7 Å². The first kappa shape index (κ1) is 20.9. The van der Waals surface area contributed by atoms with E-state index in [0.717, 1.165) is 38.3 Å². The van der Waals surface area contributed by atoms with E-state index in [1.807, 2.05) is 6.07 Å². The van der Waals surface area contributed by atoms with Crippen LogP contribution in [0.4, 0.5) is 0 Å². The Morgan fingerprint density at radius 2 is 1.79 bits per heavy atom. The Labute approximate surface area is 170 Å². The van der Waals surface area contributed by atoms with Crippen molar-refractivity contribution in [2.24, 2.45) is 0 Å². The van der Waals surface area contributed by atoms with Crippen LogP contribution in [0.15, 0.2) is 42.7 Å². The van der Waals surface area contributed by atoms with Crippen LogP contribution < -0.4 is 10.9 Å². The maximum absolute atomic E-state index is 12.3. The average molecular weight is 397 g/mol. The van der Waals surface area contributed by atoms with E-state index < -0.39 is 5.97 Å².